The van der Waals surface area contributed by atoms with Gasteiger partial charge in [-0.15, -0.1) is 0 Å². The number of aromatic nitrogens is 1. The Hall–Kier alpha value is -1.52. The molecule has 0 unspecified atom stereocenters. The second kappa shape index (κ2) is 7.92. The van der Waals surface area contributed by atoms with Crippen LogP contribution in [0.4, 0.5) is 5.69 Å². The predicted octanol–water partition coefficient (Wildman–Crippen LogP) is 3.39. The van der Waals surface area contributed by atoms with E-state index in [1.54, 1.807) is 5.49 Å². The van der Waals surface area contributed by atoms with Crippen LogP contribution in [0.3, 0.4) is 0 Å². The van der Waals surface area contributed by atoms with Crippen LogP contribution in [0, 0.1) is 0 Å². The number of nitrogens with zero attached hydrogens (tertiary/aromatic N) is 2. The molecule has 0 amide bonds. The molecule has 2 aromatic rings. The molecule has 1 aromatic carbocycles. The highest BCUT2D eigenvalue weighted by atomic mass is 32.1. The van der Waals surface area contributed by atoms with Gasteiger partial charge in [0.2, 0.25) is 0 Å². The maximum absolute atomic E-state index is 5.18. The van der Waals surface area contributed by atoms with E-state index in [-0.39, 0.29) is 0 Å². The van der Waals surface area contributed by atoms with Gasteiger partial charge in [-0.25, -0.2) is 0 Å². The van der Waals surface area contributed by atoms with Gasteiger partial charge in [-0.05, 0) is 38.6 Å². The molecule has 1 heterocycles. The van der Waals surface area contributed by atoms with Crippen molar-refractivity contribution in [2.24, 2.45) is 0 Å². The van der Waals surface area contributed by atoms with Crippen molar-refractivity contribution in [2.75, 3.05) is 25.0 Å². The Balaban J connectivity index is 2.07. The van der Waals surface area contributed by atoms with Crippen molar-refractivity contribution in [3.63, 3.8) is 0 Å². The van der Waals surface area contributed by atoms with Gasteiger partial charge in [-0.3, -0.25) is 4.98 Å². The lowest BCUT2D eigenvalue weighted by Crippen LogP contribution is -2.22. The highest BCUT2D eigenvalue weighted by Crippen LogP contribution is 2.24. The fourth-order valence-electron chi connectivity index (χ4n) is 2.31. The number of pyridine rings is 1. The Kier molecular flexibility index (Phi) is 5.89. The van der Waals surface area contributed by atoms with Gasteiger partial charge in [0.1, 0.15) is 0 Å². The molecule has 0 fully saturated rings. The largest absolute Gasteiger partial charge is 0.337 e. The SMILES string of the molecule is CNCCCCCN(C=S)c1cccc2cccnc12. The Bertz CT molecular complexity index is 551. The number of hydrogen-bond acceptors (Lipinski definition) is 3. The van der Waals surface area contributed by atoms with Crippen LogP contribution >= 0.6 is 12.2 Å². The third-order valence-corrected chi connectivity index (χ3v) is 3.63. The molecule has 106 valence electrons. The van der Waals surface area contributed by atoms with Crippen molar-refractivity contribution in [3.05, 3.63) is 36.5 Å². The third-order valence-electron chi connectivity index (χ3n) is 3.37. The normalized spacial score (nSPS) is 10.7. The number of fused-ring (bicyclic) bond motifs is 1. The topological polar surface area (TPSA) is 28.2 Å². The first-order chi connectivity index (χ1) is 9.86. The predicted molar refractivity (Wildman–Crippen MR) is 90.5 cm³/mol. The molecule has 0 radical (unpaired) electrons. The minimum Gasteiger partial charge on any atom is -0.337 e. The van der Waals surface area contributed by atoms with Gasteiger partial charge in [-0.1, -0.05) is 36.8 Å². The molecule has 0 saturated carbocycles. The van der Waals surface area contributed by atoms with E-state index < -0.39 is 0 Å². The Labute approximate surface area is 126 Å². The van der Waals surface area contributed by atoms with E-state index in [0.29, 0.717) is 0 Å². The number of nitrogens with one attached hydrogen (secondary N) is 1. The molecule has 0 atom stereocenters. The van der Waals surface area contributed by atoms with E-state index in [2.05, 4.69) is 39.5 Å². The summed E-state index contributed by atoms with van der Waals surface area (Å²) < 4.78 is 0. The van der Waals surface area contributed by atoms with Crippen LogP contribution in [0.15, 0.2) is 36.5 Å². The molecule has 2 rings (SSSR count). The van der Waals surface area contributed by atoms with Crippen molar-refractivity contribution in [2.45, 2.75) is 19.3 Å². The van der Waals surface area contributed by atoms with Crippen LogP contribution in [0.5, 0.6) is 0 Å². The minimum absolute atomic E-state index is 0.947. The summed E-state index contributed by atoms with van der Waals surface area (Å²) in [4.78, 5) is 6.62. The zero-order valence-corrected chi connectivity index (χ0v) is 12.7. The molecule has 20 heavy (non-hydrogen) atoms. The Morgan fingerprint density at radius 1 is 1.20 bits per heavy atom. The summed E-state index contributed by atoms with van der Waals surface area (Å²) in [6.07, 6.45) is 5.38. The molecule has 0 bridgehead atoms. The number of hydrogen-bond donors (Lipinski definition) is 1. The van der Waals surface area contributed by atoms with Crippen LogP contribution in [0.1, 0.15) is 19.3 Å². The van der Waals surface area contributed by atoms with Crippen LogP contribution in [0.25, 0.3) is 10.9 Å². The van der Waals surface area contributed by atoms with E-state index in [4.69, 9.17) is 12.2 Å². The third kappa shape index (κ3) is 3.74. The summed E-state index contributed by atoms with van der Waals surface area (Å²) in [5.41, 5.74) is 3.86. The van der Waals surface area contributed by atoms with E-state index in [1.165, 1.54) is 12.8 Å². The number of rotatable bonds is 8. The van der Waals surface area contributed by atoms with E-state index in [1.807, 2.05) is 19.3 Å². The summed E-state index contributed by atoms with van der Waals surface area (Å²) >= 11 is 5.18. The van der Waals surface area contributed by atoms with Crippen LogP contribution in [-0.4, -0.2) is 30.6 Å². The molecule has 0 saturated heterocycles. The van der Waals surface area contributed by atoms with Gasteiger partial charge in [-0.2, -0.15) is 0 Å². The van der Waals surface area contributed by atoms with Gasteiger partial charge >= 0.3 is 0 Å². The van der Waals surface area contributed by atoms with Gasteiger partial charge in [0.15, 0.2) is 0 Å². The van der Waals surface area contributed by atoms with E-state index in [9.17, 15) is 0 Å². The number of unbranched alkanes of at least 4 members (excludes halogenated alkanes) is 2. The van der Waals surface area contributed by atoms with Crippen LogP contribution < -0.4 is 10.2 Å². The number of thiocarbonyl (C=S) groups is 1. The second-order valence-electron chi connectivity index (χ2n) is 4.82. The maximum Gasteiger partial charge on any atom is 0.0938 e. The van der Waals surface area contributed by atoms with Gasteiger partial charge in [0.05, 0.1) is 16.7 Å². The first-order valence-electron chi connectivity index (χ1n) is 7.07. The summed E-state index contributed by atoms with van der Waals surface area (Å²) in [6.45, 7) is 2.02. The van der Waals surface area contributed by atoms with E-state index in [0.717, 1.165) is 36.1 Å². The average Bonchev–Trinajstić information content (AvgIpc) is 2.51. The quantitative estimate of drug-likeness (QED) is 0.595. The van der Waals surface area contributed by atoms with Crippen molar-refractivity contribution in [1.29, 1.82) is 0 Å². The lowest BCUT2D eigenvalue weighted by Gasteiger charge is -2.20. The first kappa shape index (κ1) is 14.9. The molecule has 4 heteroatoms. The van der Waals surface area contributed by atoms with Crippen LogP contribution in [0.2, 0.25) is 0 Å². The van der Waals surface area contributed by atoms with E-state index >= 15 is 0 Å². The summed E-state index contributed by atoms with van der Waals surface area (Å²) in [7, 11) is 1.99. The standard InChI is InChI=1S/C16H21N3S/c1-17-10-3-2-4-12-19(13-20)15-9-5-7-14-8-6-11-18-16(14)15/h5-9,11,13,17H,2-4,10,12H2,1H3. The molecule has 3 nitrogen and oxygen atoms in total. The molecule has 1 N–H and O–H groups in total. The smallest absolute Gasteiger partial charge is 0.0938 e. The Morgan fingerprint density at radius 3 is 2.85 bits per heavy atom. The van der Waals surface area contributed by atoms with Crippen molar-refractivity contribution in [3.8, 4) is 0 Å². The molecule has 0 aliphatic rings. The van der Waals surface area contributed by atoms with Crippen molar-refractivity contribution < 1.29 is 0 Å². The maximum atomic E-state index is 5.18. The highest BCUT2D eigenvalue weighted by molar-refractivity contribution is 7.79. The molecular formula is C16H21N3S. The zero-order chi connectivity index (χ0) is 14.2. The van der Waals surface area contributed by atoms with Crippen molar-refractivity contribution in [1.82, 2.24) is 10.3 Å². The molecule has 0 aliphatic heterocycles. The number of benzene rings is 1. The number of para-hydroxylation sites is 1. The lowest BCUT2D eigenvalue weighted by molar-refractivity contribution is 0.648. The summed E-state index contributed by atoms with van der Waals surface area (Å²) in [6, 6.07) is 10.3. The molecule has 0 spiro atoms. The van der Waals surface area contributed by atoms with Crippen LogP contribution in [-0.2, 0) is 0 Å². The summed E-state index contributed by atoms with van der Waals surface area (Å²) in [5.74, 6) is 0. The fourth-order valence-corrected chi connectivity index (χ4v) is 2.53. The highest BCUT2D eigenvalue weighted by Gasteiger charge is 2.08. The zero-order valence-electron chi connectivity index (χ0n) is 11.9. The molecular weight excluding hydrogens is 266 g/mol. The van der Waals surface area contributed by atoms with Crippen molar-refractivity contribution >= 4 is 34.3 Å². The van der Waals surface area contributed by atoms with Gasteiger partial charge in [0, 0.05) is 18.1 Å². The first-order valence-corrected chi connectivity index (χ1v) is 7.54. The lowest BCUT2D eigenvalue weighted by atomic mass is 10.1. The Morgan fingerprint density at radius 2 is 2.05 bits per heavy atom. The molecule has 1 aromatic heterocycles. The van der Waals surface area contributed by atoms with Gasteiger partial charge in [0.25, 0.3) is 0 Å². The average molecular weight is 287 g/mol. The number of anilines is 1. The fraction of sp³-hybridized carbons (Fsp3) is 0.375. The minimum atomic E-state index is 0.947. The monoisotopic (exact) mass is 287 g/mol. The molecule has 0 aliphatic carbocycles. The van der Waals surface area contributed by atoms with Gasteiger partial charge < -0.3 is 10.2 Å². The second-order valence-corrected chi connectivity index (χ2v) is 5.03. The summed E-state index contributed by atoms with van der Waals surface area (Å²) in [5, 5.41) is 4.33.